The fourth-order valence-corrected chi connectivity index (χ4v) is 5.43. The second-order valence-corrected chi connectivity index (χ2v) is 7.87. The third-order valence-corrected chi connectivity index (χ3v) is 5.61. The van der Waals surface area contributed by atoms with Gasteiger partial charge in [-0.25, -0.2) is 0 Å². The van der Waals surface area contributed by atoms with E-state index in [0.717, 1.165) is 38.5 Å². The summed E-state index contributed by atoms with van der Waals surface area (Å²) >= 11 is 0. The van der Waals surface area contributed by atoms with Crippen LogP contribution in [0.1, 0.15) is 58.3 Å². The number of rotatable bonds is 6. The quantitative estimate of drug-likeness (QED) is 0.733. The zero-order chi connectivity index (χ0) is 15.8. The number of amides is 1. The first-order chi connectivity index (χ1) is 10.4. The number of aliphatic hydroxyl groups is 1. The van der Waals surface area contributed by atoms with E-state index >= 15 is 0 Å². The Hall–Kier alpha value is -1.10. The highest BCUT2D eigenvalue weighted by Gasteiger charge is 2.57. The van der Waals surface area contributed by atoms with Crippen molar-refractivity contribution in [3.63, 3.8) is 0 Å². The zero-order valence-electron chi connectivity index (χ0n) is 13.4. The molecule has 2 atom stereocenters. The molecule has 124 valence electrons. The first-order valence-corrected chi connectivity index (χ1v) is 8.57. The molecule has 4 aliphatic rings. The number of nitrogens with one attached hydrogen (secondary N) is 1. The molecular weight excluding hydrogens is 282 g/mol. The number of esters is 1. The van der Waals surface area contributed by atoms with Crippen LogP contribution in [0.15, 0.2) is 0 Å². The summed E-state index contributed by atoms with van der Waals surface area (Å²) in [5, 5.41) is 13.4. The Bertz CT molecular complexity index is 448. The summed E-state index contributed by atoms with van der Waals surface area (Å²) in [6.07, 6.45) is 7.02. The second-order valence-electron chi connectivity index (χ2n) is 7.87. The molecule has 0 aromatic rings. The maximum Gasteiger partial charge on any atom is 0.306 e. The molecule has 4 saturated carbocycles. The smallest absolute Gasteiger partial charge is 0.306 e. The lowest BCUT2D eigenvalue weighted by atomic mass is 9.47. The van der Waals surface area contributed by atoms with Crippen molar-refractivity contribution in [3.8, 4) is 0 Å². The summed E-state index contributed by atoms with van der Waals surface area (Å²) in [5.41, 5.74) is -0.640. The Kier molecular flexibility index (Phi) is 4.19. The summed E-state index contributed by atoms with van der Waals surface area (Å²) in [5.74, 6) is 0.593. The van der Waals surface area contributed by atoms with Gasteiger partial charge in [0.15, 0.2) is 6.61 Å². The third-order valence-electron chi connectivity index (χ3n) is 5.61. The van der Waals surface area contributed by atoms with Crippen LogP contribution in [0.3, 0.4) is 0 Å². The SMILES string of the molecule is CCCNC(=O)COC(=O)CC12C[C@@H]3C[C@H](CC(O)(C3)C1)C2. The van der Waals surface area contributed by atoms with Gasteiger partial charge in [-0.2, -0.15) is 0 Å². The van der Waals surface area contributed by atoms with Crippen molar-refractivity contribution in [1.29, 1.82) is 0 Å². The lowest BCUT2D eigenvalue weighted by Crippen LogP contribution is -2.56. The van der Waals surface area contributed by atoms with Crippen LogP contribution in [-0.4, -0.2) is 35.7 Å². The Balaban J connectivity index is 1.52. The third kappa shape index (κ3) is 3.29. The largest absolute Gasteiger partial charge is 0.456 e. The minimum absolute atomic E-state index is 0.0875. The lowest BCUT2D eigenvalue weighted by molar-refractivity contribution is -0.177. The van der Waals surface area contributed by atoms with Gasteiger partial charge in [-0.15, -0.1) is 0 Å². The van der Waals surface area contributed by atoms with E-state index in [1.165, 1.54) is 6.42 Å². The number of hydrogen-bond donors (Lipinski definition) is 2. The van der Waals surface area contributed by atoms with Crippen LogP contribution in [-0.2, 0) is 14.3 Å². The number of ether oxygens (including phenoxy) is 1. The van der Waals surface area contributed by atoms with Crippen molar-refractivity contribution < 1.29 is 19.4 Å². The molecule has 5 nitrogen and oxygen atoms in total. The molecule has 0 spiro atoms. The van der Waals surface area contributed by atoms with Crippen LogP contribution in [0, 0.1) is 17.3 Å². The van der Waals surface area contributed by atoms with E-state index in [1.807, 2.05) is 6.92 Å². The number of hydrogen-bond acceptors (Lipinski definition) is 4. The number of carbonyl (C=O) groups is 2. The van der Waals surface area contributed by atoms with Gasteiger partial charge in [0.2, 0.25) is 0 Å². The lowest BCUT2D eigenvalue weighted by Gasteiger charge is -2.60. The summed E-state index contributed by atoms with van der Waals surface area (Å²) in [6.45, 7) is 2.40. The highest BCUT2D eigenvalue weighted by molar-refractivity contribution is 5.80. The average molecular weight is 309 g/mol. The molecule has 0 radical (unpaired) electrons. The molecule has 0 aliphatic heterocycles. The van der Waals surface area contributed by atoms with Crippen LogP contribution in [0.25, 0.3) is 0 Å². The van der Waals surface area contributed by atoms with E-state index < -0.39 is 5.60 Å². The topological polar surface area (TPSA) is 75.6 Å². The molecule has 4 bridgehead atoms. The van der Waals surface area contributed by atoms with Crippen molar-refractivity contribution in [3.05, 3.63) is 0 Å². The Labute approximate surface area is 131 Å². The van der Waals surface area contributed by atoms with Gasteiger partial charge in [0, 0.05) is 6.54 Å². The molecule has 5 heteroatoms. The first kappa shape index (κ1) is 15.8. The van der Waals surface area contributed by atoms with Crippen molar-refractivity contribution in [2.45, 2.75) is 63.9 Å². The van der Waals surface area contributed by atoms with Gasteiger partial charge in [-0.05, 0) is 62.2 Å². The summed E-state index contributed by atoms with van der Waals surface area (Å²) in [4.78, 5) is 23.6. The zero-order valence-corrected chi connectivity index (χ0v) is 13.4. The molecule has 1 amide bonds. The Morgan fingerprint density at radius 2 is 1.91 bits per heavy atom. The molecule has 0 aromatic carbocycles. The fraction of sp³-hybridized carbons (Fsp3) is 0.882. The van der Waals surface area contributed by atoms with Gasteiger partial charge in [0.05, 0.1) is 12.0 Å². The van der Waals surface area contributed by atoms with Crippen molar-refractivity contribution in [1.82, 2.24) is 5.32 Å². The van der Waals surface area contributed by atoms with Crippen LogP contribution < -0.4 is 5.32 Å². The van der Waals surface area contributed by atoms with Gasteiger partial charge >= 0.3 is 5.97 Å². The van der Waals surface area contributed by atoms with E-state index in [0.29, 0.717) is 24.8 Å². The summed E-state index contributed by atoms with van der Waals surface area (Å²) < 4.78 is 5.14. The standard InChI is InChI=1S/C17H27NO4/c1-2-3-18-14(19)10-22-15(20)9-16-5-12-4-13(6-16)8-17(21,7-12)11-16/h12-13,21H,2-11H2,1H3,(H,18,19)/t12-,13-,16?,17?/m0/s1. The minimum Gasteiger partial charge on any atom is -0.456 e. The molecule has 4 aliphatic carbocycles. The highest BCUT2D eigenvalue weighted by atomic mass is 16.5. The van der Waals surface area contributed by atoms with Gasteiger partial charge < -0.3 is 15.2 Å². The van der Waals surface area contributed by atoms with Crippen molar-refractivity contribution in [2.24, 2.45) is 17.3 Å². The van der Waals surface area contributed by atoms with Crippen LogP contribution >= 0.6 is 0 Å². The summed E-state index contributed by atoms with van der Waals surface area (Å²) in [7, 11) is 0. The molecule has 0 unspecified atom stereocenters. The first-order valence-electron chi connectivity index (χ1n) is 8.57. The predicted molar refractivity (Wildman–Crippen MR) is 80.9 cm³/mol. The molecule has 2 N–H and O–H groups in total. The molecule has 0 aromatic heterocycles. The maximum absolute atomic E-state index is 12.1. The van der Waals surface area contributed by atoms with Gasteiger partial charge in [-0.3, -0.25) is 9.59 Å². The highest BCUT2D eigenvalue weighted by Crippen LogP contribution is 2.62. The van der Waals surface area contributed by atoms with Gasteiger partial charge in [0.25, 0.3) is 5.91 Å². The molecule has 0 saturated heterocycles. The van der Waals surface area contributed by atoms with Gasteiger partial charge in [-0.1, -0.05) is 6.92 Å². The van der Waals surface area contributed by atoms with Gasteiger partial charge in [0.1, 0.15) is 0 Å². The van der Waals surface area contributed by atoms with E-state index in [1.54, 1.807) is 0 Å². The minimum atomic E-state index is -0.553. The van der Waals surface area contributed by atoms with Crippen LogP contribution in [0.4, 0.5) is 0 Å². The molecule has 0 heterocycles. The van der Waals surface area contributed by atoms with Crippen LogP contribution in [0.5, 0.6) is 0 Å². The van der Waals surface area contributed by atoms with E-state index in [9.17, 15) is 14.7 Å². The normalized spacial score (nSPS) is 38.8. The second kappa shape index (κ2) is 5.84. The van der Waals surface area contributed by atoms with E-state index in [4.69, 9.17) is 4.74 Å². The molecular formula is C17H27NO4. The van der Waals surface area contributed by atoms with Crippen molar-refractivity contribution in [2.75, 3.05) is 13.2 Å². The Morgan fingerprint density at radius 3 is 2.50 bits per heavy atom. The van der Waals surface area contributed by atoms with E-state index in [-0.39, 0.29) is 23.9 Å². The number of carbonyl (C=O) groups excluding carboxylic acids is 2. The van der Waals surface area contributed by atoms with E-state index in [2.05, 4.69) is 5.32 Å². The summed E-state index contributed by atoms with van der Waals surface area (Å²) in [6, 6.07) is 0. The molecule has 4 rings (SSSR count). The predicted octanol–water partition coefficient (Wildman–Crippen LogP) is 1.78. The molecule has 4 fully saturated rings. The maximum atomic E-state index is 12.1. The fourth-order valence-electron chi connectivity index (χ4n) is 5.43. The molecule has 22 heavy (non-hydrogen) atoms. The van der Waals surface area contributed by atoms with Crippen LogP contribution in [0.2, 0.25) is 0 Å². The van der Waals surface area contributed by atoms with Crippen molar-refractivity contribution >= 4 is 11.9 Å². The monoisotopic (exact) mass is 309 g/mol. The average Bonchev–Trinajstić information content (AvgIpc) is 2.39. The Morgan fingerprint density at radius 1 is 1.23 bits per heavy atom.